The van der Waals surface area contributed by atoms with Crippen molar-refractivity contribution in [3.8, 4) is 0 Å². The van der Waals surface area contributed by atoms with Crippen molar-refractivity contribution in [2.24, 2.45) is 0 Å². The van der Waals surface area contributed by atoms with E-state index in [0.717, 1.165) is 77.7 Å². The van der Waals surface area contributed by atoms with Gasteiger partial charge in [-0.2, -0.15) is 0 Å². The van der Waals surface area contributed by atoms with Gasteiger partial charge in [0.25, 0.3) is 0 Å². The van der Waals surface area contributed by atoms with E-state index in [0.29, 0.717) is 6.42 Å². The number of hydrogen-bond donors (Lipinski definition) is 1. The lowest BCUT2D eigenvalue weighted by molar-refractivity contribution is -0.136. The molecule has 0 aromatic heterocycles. The van der Waals surface area contributed by atoms with Gasteiger partial charge in [-0.3, -0.25) is 4.79 Å². The molecule has 0 bridgehead atoms. The molecule has 4 heteroatoms. The van der Waals surface area contributed by atoms with Crippen LogP contribution >= 0.6 is 0 Å². The van der Waals surface area contributed by atoms with Crippen LogP contribution in [0.15, 0.2) is 30.3 Å². The maximum absolute atomic E-state index is 12.6. The number of aliphatic hydroxyl groups is 1. The number of amides is 1. The molecule has 2 aliphatic rings. The zero-order valence-electron chi connectivity index (χ0n) is 15.3. The molecule has 0 spiro atoms. The van der Waals surface area contributed by atoms with Crippen LogP contribution in [0.4, 0.5) is 0 Å². The van der Waals surface area contributed by atoms with Gasteiger partial charge < -0.3 is 14.9 Å². The van der Waals surface area contributed by atoms with Crippen molar-refractivity contribution < 1.29 is 9.90 Å². The van der Waals surface area contributed by atoms with Crippen molar-refractivity contribution in [1.29, 1.82) is 0 Å². The SMILES string of the molecule is O=C(CC1(O)CCCC1)N1CCCN(CCCc2ccccc2)CC1. The lowest BCUT2D eigenvalue weighted by Crippen LogP contribution is -2.40. The molecule has 1 aliphatic heterocycles. The van der Waals surface area contributed by atoms with Gasteiger partial charge in [0.2, 0.25) is 5.91 Å². The van der Waals surface area contributed by atoms with E-state index in [2.05, 4.69) is 35.2 Å². The van der Waals surface area contributed by atoms with Gasteiger partial charge in [-0.15, -0.1) is 0 Å². The Kier molecular flexibility index (Phi) is 6.49. The van der Waals surface area contributed by atoms with Crippen LogP contribution in [-0.4, -0.2) is 59.1 Å². The normalized spacial score (nSPS) is 21.2. The Hall–Kier alpha value is -1.39. The summed E-state index contributed by atoms with van der Waals surface area (Å²) in [6, 6.07) is 10.6. The van der Waals surface area contributed by atoms with Crippen LogP contribution in [0.25, 0.3) is 0 Å². The minimum absolute atomic E-state index is 0.149. The molecule has 25 heavy (non-hydrogen) atoms. The molecule has 1 amide bonds. The van der Waals surface area contributed by atoms with Crippen LogP contribution in [0.2, 0.25) is 0 Å². The van der Waals surface area contributed by atoms with Crippen LogP contribution in [0.3, 0.4) is 0 Å². The average Bonchev–Trinajstić information content (AvgIpc) is 2.90. The Balaban J connectivity index is 1.40. The van der Waals surface area contributed by atoms with Crippen molar-refractivity contribution in [2.45, 2.75) is 57.0 Å². The summed E-state index contributed by atoms with van der Waals surface area (Å²) in [5.41, 5.74) is 0.678. The van der Waals surface area contributed by atoms with E-state index in [-0.39, 0.29) is 5.91 Å². The maximum Gasteiger partial charge on any atom is 0.225 e. The van der Waals surface area contributed by atoms with Gasteiger partial charge in [0.15, 0.2) is 0 Å². The highest BCUT2D eigenvalue weighted by Crippen LogP contribution is 2.32. The Morgan fingerprint density at radius 1 is 1.00 bits per heavy atom. The molecular formula is C21H32N2O2. The molecule has 0 atom stereocenters. The summed E-state index contributed by atoms with van der Waals surface area (Å²) >= 11 is 0. The Morgan fingerprint density at radius 2 is 1.76 bits per heavy atom. The van der Waals surface area contributed by atoms with E-state index in [9.17, 15) is 9.90 Å². The zero-order valence-corrected chi connectivity index (χ0v) is 15.3. The minimum atomic E-state index is -0.723. The fraction of sp³-hybridized carbons (Fsp3) is 0.667. The number of aryl methyl sites for hydroxylation is 1. The van der Waals surface area contributed by atoms with Gasteiger partial charge in [-0.25, -0.2) is 0 Å². The molecule has 3 rings (SSSR count). The van der Waals surface area contributed by atoms with Gasteiger partial charge in [0, 0.05) is 19.6 Å². The van der Waals surface area contributed by atoms with E-state index < -0.39 is 5.60 Å². The molecule has 2 fully saturated rings. The highest BCUT2D eigenvalue weighted by atomic mass is 16.3. The van der Waals surface area contributed by atoms with Crippen LogP contribution in [0.5, 0.6) is 0 Å². The molecule has 1 heterocycles. The van der Waals surface area contributed by atoms with Gasteiger partial charge in [0.1, 0.15) is 0 Å². The number of rotatable bonds is 6. The van der Waals surface area contributed by atoms with Crippen LogP contribution in [0, 0.1) is 0 Å². The standard InChI is InChI=1S/C21H32N2O2/c24-20(18-21(25)11-4-5-12-21)23-15-7-14-22(16-17-23)13-6-10-19-8-2-1-3-9-19/h1-3,8-9,25H,4-7,10-18H2. The first kappa shape index (κ1) is 18.4. The van der Waals surface area contributed by atoms with Crippen molar-refractivity contribution in [1.82, 2.24) is 9.80 Å². The second-order valence-corrected chi connectivity index (χ2v) is 7.77. The topological polar surface area (TPSA) is 43.8 Å². The number of carbonyl (C=O) groups is 1. The molecular weight excluding hydrogens is 312 g/mol. The lowest BCUT2D eigenvalue weighted by atomic mass is 9.97. The van der Waals surface area contributed by atoms with Crippen molar-refractivity contribution in [2.75, 3.05) is 32.7 Å². The first-order chi connectivity index (χ1) is 12.1. The molecule has 1 saturated carbocycles. The molecule has 0 radical (unpaired) electrons. The first-order valence-corrected chi connectivity index (χ1v) is 9.91. The predicted molar refractivity (Wildman–Crippen MR) is 100 cm³/mol. The fourth-order valence-electron chi connectivity index (χ4n) is 4.20. The van der Waals surface area contributed by atoms with E-state index in [4.69, 9.17) is 0 Å². The second-order valence-electron chi connectivity index (χ2n) is 7.77. The maximum atomic E-state index is 12.6. The lowest BCUT2D eigenvalue weighted by Gasteiger charge is -2.27. The summed E-state index contributed by atoms with van der Waals surface area (Å²) in [7, 11) is 0. The van der Waals surface area contributed by atoms with E-state index in [1.807, 2.05) is 4.90 Å². The highest BCUT2D eigenvalue weighted by molar-refractivity contribution is 5.77. The van der Waals surface area contributed by atoms with E-state index >= 15 is 0 Å². The summed E-state index contributed by atoms with van der Waals surface area (Å²) in [5.74, 6) is 0.149. The summed E-state index contributed by atoms with van der Waals surface area (Å²) < 4.78 is 0. The number of nitrogens with zero attached hydrogens (tertiary/aromatic N) is 2. The van der Waals surface area contributed by atoms with Gasteiger partial charge in [0.05, 0.1) is 12.0 Å². The van der Waals surface area contributed by atoms with Gasteiger partial charge in [-0.05, 0) is 50.8 Å². The summed E-state index contributed by atoms with van der Waals surface area (Å²) in [4.78, 5) is 17.0. The quantitative estimate of drug-likeness (QED) is 0.863. The second kappa shape index (κ2) is 8.81. The Bertz CT molecular complexity index is 540. The molecule has 4 nitrogen and oxygen atoms in total. The predicted octanol–water partition coefficient (Wildman–Crippen LogP) is 2.85. The molecule has 138 valence electrons. The monoisotopic (exact) mass is 344 g/mol. The number of benzene rings is 1. The largest absolute Gasteiger partial charge is 0.389 e. The Morgan fingerprint density at radius 3 is 2.52 bits per heavy atom. The summed E-state index contributed by atoms with van der Waals surface area (Å²) in [6.45, 7) is 4.77. The van der Waals surface area contributed by atoms with Crippen LogP contribution in [0.1, 0.15) is 50.5 Å². The fourth-order valence-corrected chi connectivity index (χ4v) is 4.20. The third kappa shape index (κ3) is 5.55. The average molecular weight is 344 g/mol. The zero-order chi connectivity index (χ0) is 17.5. The van der Waals surface area contributed by atoms with Crippen molar-refractivity contribution in [3.63, 3.8) is 0 Å². The summed E-state index contributed by atoms with van der Waals surface area (Å²) in [6.07, 6.45) is 7.33. The third-order valence-corrected chi connectivity index (χ3v) is 5.74. The number of hydrogen-bond acceptors (Lipinski definition) is 3. The summed E-state index contributed by atoms with van der Waals surface area (Å²) in [5, 5.41) is 10.5. The van der Waals surface area contributed by atoms with Crippen molar-refractivity contribution >= 4 is 5.91 Å². The van der Waals surface area contributed by atoms with E-state index in [1.165, 1.54) is 5.56 Å². The third-order valence-electron chi connectivity index (χ3n) is 5.74. The molecule has 1 aliphatic carbocycles. The first-order valence-electron chi connectivity index (χ1n) is 9.91. The minimum Gasteiger partial charge on any atom is -0.389 e. The highest BCUT2D eigenvalue weighted by Gasteiger charge is 2.35. The smallest absolute Gasteiger partial charge is 0.225 e. The molecule has 1 aromatic carbocycles. The number of carbonyl (C=O) groups excluding carboxylic acids is 1. The molecule has 1 N–H and O–H groups in total. The molecule has 1 saturated heterocycles. The van der Waals surface area contributed by atoms with Crippen LogP contribution in [-0.2, 0) is 11.2 Å². The van der Waals surface area contributed by atoms with Crippen molar-refractivity contribution in [3.05, 3.63) is 35.9 Å². The molecule has 1 aromatic rings. The van der Waals surface area contributed by atoms with Gasteiger partial charge >= 0.3 is 0 Å². The Labute approximate surface area is 151 Å². The van der Waals surface area contributed by atoms with E-state index in [1.54, 1.807) is 0 Å². The molecule has 0 unspecified atom stereocenters. The van der Waals surface area contributed by atoms with Gasteiger partial charge in [-0.1, -0.05) is 43.2 Å². The van der Waals surface area contributed by atoms with Crippen LogP contribution < -0.4 is 0 Å².